The van der Waals surface area contributed by atoms with Crippen LogP contribution in [0.25, 0.3) is 67.3 Å². The minimum atomic E-state index is -0.0663. The van der Waals surface area contributed by atoms with Crippen molar-refractivity contribution in [2.75, 3.05) is 0 Å². The summed E-state index contributed by atoms with van der Waals surface area (Å²) in [6.07, 6.45) is 1.82. The number of pyridine rings is 1. The van der Waals surface area contributed by atoms with Gasteiger partial charge in [0, 0.05) is 33.7 Å². The molecule has 0 N–H and O–H groups in total. The lowest BCUT2D eigenvalue weighted by atomic mass is 9.82. The van der Waals surface area contributed by atoms with Gasteiger partial charge in [0.1, 0.15) is 0 Å². The molecule has 7 aromatic rings. The van der Waals surface area contributed by atoms with E-state index in [-0.39, 0.29) is 5.41 Å². The average molecular weight is 553 g/mol. The SMILES string of the molecule is CC1(C)c2ccccc2-c2cc(-c3nc(-c4ccccc4-c4ccccc4)nc(-c4cccc5cccnc45)n3)ccc21. The first-order chi connectivity index (χ1) is 21.1. The standard InChI is InChI=1S/C39H28N4/c1-39(2)33-20-9-8-17-29(33)32-24-27(21-22-34(32)39)36-41-37(30-18-7-6-16-28(30)25-12-4-3-5-13-25)43-38(42-36)31-19-10-14-26-15-11-23-40-35(26)31/h3-24H,1-2H3. The zero-order valence-electron chi connectivity index (χ0n) is 24.0. The molecule has 1 aliphatic carbocycles. The summed E-state index contributed by atoms with van der Waals surface area (Å²) < 4.78 is 0. The van der Waals surface area contributed by atoms with E-state index >= 15 is 0 Å². The lowest BCUT2D eigenvalue weighted by Gasteiger charge is -2.21. The van der Waals surface area contributed by atoms with Crippen molar-refractivity contribution in [2.45, 2.75) is 19.3 Å². The summed E-state index contributed by atoms with van der Waals surface area (Å²) in [4.78, 5) is 20.1. The number of hydrogen-bond acceptors (Lipinski definition) is 4. The molecule has 0 amide bonds. The topological polar surface area (TPSA) is 51.6 Å². The van der Waals surface area contributed by atoms with Gasteiger partial charge in [-0.15, -0.1) is 0 Å². The van der Waals surface area contributed by atoms with Crippen LogP contribution in [0.5, 0.6) is 0 Å². The van der Waals surface area contributed by atoms with E-state index < -0.39 is 0 Å². The van der Waals surface area contributed by atoms with E-state index in [1.54, 1.807) is 0 Å². The molecule has 1 aliphatic rings. The first-order valence-electron chi connectivity index (χ1n) is 14.6. The third-order valence-electron chi connectivity index (χ3n) is 8.60. The van der Waals surface area contributed by atoms with Crippen LogP contribution in [0, 0.1) is 0 Å². The predicted molar refractivity (Wildman–Crippen MR) is 174 cm³/mol. The van der Waals surface area contributed by atoms with Crippen molar-refractivity contribution in [1.82, 2.24) is 19.9 Å². The molecule has 43 heavy (non-hydrogen) atoms. The van der Waals surface area contributed by atoms with Crippen LogP contribution in [0.1, 0.15) is 25.0 Å². The van der Waals surface area contributed by atoms with Crippen molar-refractivity contribution in [3.05, 3.63) is 145 Å². The number of rotatable bonds is 4. The van der Waals surface area contributed by atoms with E-state index in [0.29, 0.717) is 17.5 Å². The summed E-state index contributed by atoms with van der Waals surface area (Å²) in [7, 11) is 0. The summed E-state index contributed by atoms with van der Waals surface area (Å²) in [6.45, 7) is 4.59. The van der Waals surface area contributed by atoms with Crippen LogP contribution in [-0.4, -0.2) is 19.9 Å². The zero-order chi connectivity index (χ0) is 29.0. The summed E-state index contributed by atoms with van der Waals surface area (Å²) in [5.41, 5.74) is 11.0. The molecule has 0 atom stereocenters. The van der Waals surface area contributed by atoms with Crippen LogP contribution in [0.4, 0.5) is 0 Å². The fourth-order valence-corrected chi connectivity index (χ4v) is 6.44. The van der Waals surface area contributed by atoms with Crippen molar-refractivity contribution in [2.24, 2.45) is 0 Å². The molecular formula is C39H28N4. The molecule has 5 aromatic carbocycles. The monoisotopic (exact) mass is 552 g/mol. The average Bonchev–Trinajstić information content (AvgIpc) is 3.30. The van der Waals surface area contributed by atoms with Gasteiger partial charge in [-0.3, -0.25) is 4.98 Å². The molecule has 0 radical (unpaired) electrons. The van der Waals surface area contributed by atoms with Crippen LogP contribution in [0.15, 0.2) is 134 Å². The van der Waals surface area contributed by atoms with Gasteiger partial charge in [0.2, 0.25) is 0 Å². The molecular weight excluding hydrogens is 524 g/mol. The highest BCUT2D eigenvalue weighted by Crippen LogP contribution is 2.49. The lowest BCUT2D eigenvalue weighted by Crippen LogP contribution is -2.14. The largest absolute Gasteiger partial charge is 0.255 e. The molecule has 204 valence electrons. The Balaban J connectivity index is 1.38. The van der Waals surface area contributed by atoms with E-state index in [2.05, 4.69) is 111 Å². The Kier molecular flexibility index (Phi) is 5.76. The minimum absolute atomic E-state index is 0.0663. The molecule has 8 rings (SSSR count). The van der Waals surface area contributed by atoms with Crippen LogP contribution in [0.3, 0.4) is 0 Å². The summed E-state index contributed by atoms with van der Waals surface area (Å²) in [6, 6.07) is 44.2. The van der Waals surface area contributed by atoms with Gasteiger partial charge < -0.3 is 0 Å². The highest BCUT2D eigenvalue weighted by atomic mass is 15.0. The van der Waals surface area contributed by atoms with Crippen molar-refractivity contribution in [3.63, 3.8) is 0 Å². The number of para-hydroxylation sites is 1. The van der Waals surface area contributed by atoms with Crippen molar-refractivity contribution < 1.29 is 0 Å². The zero-order valence-corrected chi connectivity index (χ0v) is 24.0. The smallest absolute Gasteiger partial charge is 0.166 e. The van der Waals surface area contributed by atoms with Gasteiger partial charge in [0.05, 0.1) is 5.52 Å². The lowest BCUT2D eigenvalue weighted by molar-refractivity contribution is 0.660. The third-order valence-corrected chi connectivity index (χ3v) is 8.60. The third kappa shape index (κ3) is 4.14. The maximum atomic E-state index is 5.14. The molecule has 0 saturated heterocycles. The Hall–Kier alpha value is -5.48. The second-order valence-corrected chi connectivity index (χ2v) is 11.5. The molecule has 0 unspecified atom stereocenters. The van der Waals surface area contributed by atoms with Gasteiger partial charge in [-0.05, 0) is 51.6 Å². The highest BCUT2D eigenvalue weighted by Gasteiger charge is 2.35. The molecule has 0 saturated carbocycles. The Morgan fingerprint density at radius 2 is 1.07 bits per heavy atom. The summed E-state index contributed by atoms with van der Waals surface area (Å²) in [5, 5.41) is 1.05. The van der Waals surface area contributed by atoms with Gasteiger partial charge >= 0.3 is 0 Å². The van der Waals surface area contributed by atoms with Gasteiger partial charge in [-0.25, -0.2) is 15.0 Å². The predicted octanol–water partition coefficient (Wildman–Crippen LogP) is 9.39. The molecule has 0 fully saturated rings. The summed E-state index contributed by atoms with van der Waals surface area (Å²) >= 11 is 0. The molecule has 4 heteroatoms. The summed E-state index contributed by atoms with van der Waals surface area (Å²) in [5.74, 6) is 1.88. The Bertz CT molecular complexity index is 2160. The van der Waals surface area contributed by atoms with Gasteiger partial charge in [0.25, 0.3) is 0 Å². The molecule has 2 heterocycles. The van der Waals surface area contributed by atoms with Gasteiger partial charge in [-0.2, -0.15) is 0 Å². The van der Waals surface area contributed by atoms with Crippen LogP contribution in [0.2, 0.25) is 0 Å². The Morgan fingerprint density at radius 3 is 1.91 bits per heavy atom. The van der Waals surface area contributed by atoms with Gasteiger partial charge in [-0.1, -0.05) is 123 Å². The van der Waals surface area contributed by atoms with Gasteiger partial charge in [0.15, 0.2) is 17.5 Å². The first kappa shape index (κ1) is 25.2. The van der Waals surface area contributed by atoms with E-state index in [1.807, 2.05) is 36.5 Å². The highest BCUT2D eigenvalue weighted by molar-refractivity contribution is 5.92. The minimum Gasteiger partial charge on any atom is -0.255 e. The maximum Gasteiger partial charge on any atom is 0.166 e. The fourth-order valence-electron chi connectivity index (χ4n) is 6.44. The molecule has 0 aliphatic heterocycles. The van der Waals surface area contributed by atoms with Crippen molar-refractivity contribution >= 4 is 10.9 Å². The number of fused-ring (bicyclic) bond motifs is 4. The molecule has 2 aromatic heterocycles. The number of hydrogen-bond donors (Lipinski definition) is 0. The van der Waals surface area contributed by atoms with E-state index in [4.69, 9.17) is 19.9 Å². The van der Waals surface area contributed by atoms with E-state index in [1.165, 1.54) is 22.3 Å². The molecule has 0 bridgehead atoms. The second kappa shape index (κ2) is 9.81. The van der Waals surface area contributed by atoms with Crippen molar-refractivity contribution in [1.29, 1.82) is 0 Å². The number of benzene rings is 5. The van der Waals surface area contributed by atoms with Crippen molar-refractivity contribution in [3.8, 4) is 56.4 Å². The Labute approximate surface area is 250 Å². The maximum absolute atomic E-state index is 5.14. The number of nitrogens with zero attached hydrogens (tertiary/aromatic N) is 4. The van der Waals surface area contributed by atoms with Crippen LogP contribution < -0.4 is 0 Å². The van der Waals surface area contributed by atoms with E-state index in [9.17, 15) is 0 Å². The molecule has 4 nitrogen and oxygen atoms in total. The second-order valence-electron chi connectivity index (χ2n) is 11.5. The van der Waals surface area contributed by atoms with E-state index in [0.717, 1.165) is 38.7 Å². The van der Waals surface area contributed by atoms with Crippen LogP contribution in [-0.2, 0) is 5.41 Å². The quantitative estimate of drug-likeness (QED) is 0.218. The number of aromatic nitrogens is 4. The normalized spacial score (nSPS) is 13.1. The van der Waals surface area contributed by atoms with Crippen LogP contribution >= 0.6 is 0 Å². The Morgan fingerprint density at radius 1 is 0.442 bits per heavy atom. The fraction of sp³-hybridized carbons (Fsp3) is 0.0769. The first-order valence-corrected chi connectivity index (χ1v) is 14.6. The molecule has 0 spiro atoms.